The number of amides is 1. The summed E-state index contributed by atoms with van der Waals surface area (Å²) in [5, 5.41) is 11.7. The molecule has 0 aliphatic carbocycles. The quantitative estimate of drug-likeness (QED) is 0.808. The summed E-state index contributed by atoms with van der Waals surface area (Å²) in [5.74, 6) is -1.35. The third-order valence-electron chi connectivity index (χ3n) is 4.18. The second kappa shape index (κ2) is 7.92. The standard InChI is InChI=1S/C20H22FNO3/c1-20(2,16-4-3-5-17(21)12-16)13-22-18(23)11-8-14-6-9-15(10-7-14)19(24)25/h3-7,9-10,12H,8,11,13H2,1-2H3,(H,22,23)(H,24,25). The van der Waals surface area contributed by atoms with Gasteiger partial charge in [0.15, 0.2) is 0 Å². The molecule has 1 amide bonds. The van der Waals surface area contributed by atoms with E-state index in [9.17, 15) is 14.0 Å². The molecule has 0 aliphatic heterocycles. The number of carboxylic acids is 1. The molecule has 0 spiro atoms. The molecule has 0 unspecified atom stereocenters. The van der Waals surface area contributed by atoms with Crippen LogP contribution in [0.2, 0.25) is 0 Å². The number of carbonyl (C=O) groups excluding carboxylic acids is 1. The van der Waals surface area contributed by atoms with E-state index in [2.05, 4.69) is 5.32 Å². The number of halogens is 1. The summed E-state index contributed by atoms with van der Waals surface area (Å²) in [6, 6.07) is 12.9. The van der Waals surface area contributed by atoms with Crippen molar-refractivity contribution in [2.45, 2.75) is 32.1 Å². The first-order chi connectivity index (χ1) is 11.8. The Balaban J connectivity index is 1.84. The fraction of sp³-hybridized carbons (Fsp3) is 0.300. The molecule has 5 heteroatoms. The lowest BCUT2D eigenvalue weighted by Crippen LogP contribution is -2.36. The van der Waals surface area contributed by atoms with Gasteiger partial charge in [0.05, 0.1) is 5.56 Å². The second-order valence-electron chi connectivity index (χ2n) is 6.67. The van der Waals surface area contributed by atoms with Crippen LogP contribution in [0.3, 0.4) is 0 Å². The maximum Gasteiger partial charge on any atom is 0.335 e. The molecular formula is C20H22FNO3. The third-order valence-corrected chi connectivity index (χ3v) is 4.18. The average molecular weight is 343 g/mol. The van der Waals surface area contributed by atoms with Gasteiger partial charge in [0.2, 0.25) is 5.91 Å². The highest BCUT2D eigenvalue weighted by molar-refractivity contribution is 5.87. The lowest BCUT2D eigenvalue weighted by atomic mass is 9.84. The van der Waals surface area contributed by atoms with E-state index < -0.39 is 5.97 Å². The Morgan fingerprint density at radius 3 is 2.40 bits per heavy atom. The van der Waals surface area contributed by atoms with E-state index in [0.29, 0.717) is 19.4 Å². The maximum atomic E-state index is 13.4. The highest BCUT2D eigenvalue weighted by Crippen LogP contribution is 2.22. The number of benzene rings is 2. The van der Waals surface area contributed by atoms with Crippen LogP contribution >= 0.6 is 0 Å². The van der Waals surface area contributed by atoms with Crippen molar-refractivity contribution < 1.29 is 19.1 Å². The van der Waals surface area contributed by atoms with E-state index in [-0.39, 0.29) is 22.7 Å². The van der Waals surface area contributed by atoms with E-state index in [1.807, 2.05) is 19.9 Å². The monoisotopic (exact) mass is 343 g/mol. The van der Waals surface area contributed by atoms with Crippen LogP contribution in [0.15, 0.2) is 48.5 Å². The van der Waals surface area contributed by atoms with Gasteiger partial charge in [-0.2, -0.15) is 0 Å². The fourth-order valence-electron chi connectivity index (χ4n) is 2.49. The number of carboxylic acid groups (broad SMARTS) is 1. The summed E-state index contributed by atoms with van der Waals surface area (Å²) >= 11 is 0. The molecule has 0 saturated carbocycles. The molecule has 4 nitrogen and oxygen atoms in total. The van der Waals surface area contributed by atoms with Crippen LogP contribution in [-0.2, 0) is 16.6 Å². The predicted molar refractivity (Wildman–Crippen MR) is 94.2 cm³/mol. The van der Waals surface area contributed by atoms with Gasteiger partial charge in [-0.25, -0.2) is 9.18 Å². The predicted octanol–water partition coefficient (Wildman–Crippen LogP) is 3.55. The molecule has 0 saturated heterocycles. The number of nitrogens with one attached hydrogen (secondary N) is 1. The van der Waals surface area contributed by atoms with Crippen LogP contribution in [0.5, 0.6) is 0 Å². The first-order valence-electron chi connectivity index (χ1n) is 8.13. The van der Waals surface area contributed by atoms with Crippen molar-refractivity contribution in [2.24, 2.45) is 0 Å². The van der Waals surface area contributed by atoms with Crippen LogP contribution in [0, 0.1) is 5.82 Å². The van der Waals surface area contributed by atoms with Crippen molar-refractivity contribution in [2.75, 3.05) is 6.54 Å². The van der Waals surface area contributed by atoms with Gasteiger partial charge in [0.25, 0.3) is 0 Å². The van der Waals surface area contributed by atoms with Gasteiger partial charge in [-0.3, -0.25) is 4.79 Å². The SMILES string of the molecule is CC(C)(CNC(=O)CCc1ccc(C(=O)O)cc1)c1cccc(F)c1. The number of aryl methyl sites for hydroxylation is 1. The van der Waals surface area contributed by atoms with E-state index in [4.69, 9.17) is 5.11 Å². The Morgan fingerprint density at radius 1 is 1.12 bits per heavy atom. The fourth-order valence-corrected chi connectivity index (χ4v) is 2.49. The summed E-state index contributed by atoms with van der Waals surface area (Å²) < 4.78 is 13.4. The molecular weight excluding hydrogens is 321 g/mol. The van der Waals surface area contributed by atoms with Crippen molar-refractivity contribution in [3.8, 4) is 0 Å². The van der Waals surface area contributed by atoms with Crippen LogP contribution in [-0.4, -0.2) is 23.5 Å². The molecule has 2 aromatic carbocycles. The van der Waals surface area contributed by atoms with Gasteiger partial charge in [-0.1, -0.05) is 38.1 Å². The Bertz CT molecular complexity index is 754. The molecule has 2 N–H and O–H groups in total. The summed E-state index contributed by atoms with van der Waals surface area (Å²) in [6.45, 7) is 4.31. The zero-order valence-electron chi connectivity index (χ0n) is 14.4. The third kappa shape index (κ3) is 5.41. The Morgan fingerprint density at radius 2 is 1.80 bits per heavy atom. The molecule has 132 valence electrons. The van der Waals surface area contributed by atoms with E-state index in [1.54, 1.807) is 18.2 Å². The normalized spacial score (nSPS) is 11.2. The number of hydrogen-bond donors (Lipinski definition) is 2. The van der Waals surface area contributed by atoms with Crippen molar-refractivity contribution in [3.63, 3.8) is 0 Å². The van der Waals surface area contributed by atoms with Crippen molar-refractivity contribution in [1.29, 1.82) is 0 Å². The highest BCUT2D eigenvalue weighted by Gasteiger charge is 2.21. The Hall–Kier alpha value is -2.69. The van der Waals surface area contributed by atoms with Gasteiger partial charge in [0.1, 0.15) is 5.82 Å². The van der Waals surface area contributed by atoms with Gasteiger partial charge >= 0.3 is 5.97 Å². The van der Waals surface area contributed by atoms with Crippen LogP contribution in [0.4, 0.5) is 4.39 Å². The summed E-state index contributed by atoms with van der Waals surface area (Å²) in [7, 11) is 0. The number of rotatable bonds is 7. The molecule has 0 heterocycles. The topological polar surface area (TPSA) is 66.4 Å². The summed E-state index contributed by atoms with van der Waals surface area (Å²) in [5.41, 5.74) is 1.59. The maximum absolute atomic E-state index is 13.4. The van der Waals surface area contributed by atoms with Gasteiger partial charge < -0.3 is 10.4 Å². The van der Waals surface area contributed by atoms with Crippen molar-refractivity contribution >= 4 is 11.9 Å². The molecule has 0 bridgehead atoms. The van der Waals surface area contributed by atoms with Crippen molar-refractivity contribution in [3.05, 3.63) is 71.0 Å². The van der Waals surface area contributed by atoms with Gasteiger partial charge in [-0.15, -0.1) is 0 Å². The first-order valence-corrected chi connectivity index (χ1v) is 8.13. The van der Waals surface area contributed by atoms with E-state index >= 15 is 0 Å². The molecule has 0 aromatic heterocycles. The number of carbonyl (C=O) groups is 2. The molecule has 0 radical (unpaired) electrons. The first kappa shape index (κ1) is 18.6. The minimum absolute atomic E-state index is 0.0909. The highest BCUT2D eigenvalue weighted by atomic mass is 19.1. The minimum atomic E-state index is -0.969. The summed E-state index contributed by atoms with van der Waals surface area (Å²) in [6.07, 6.45) is 0.845. The van der Waals surface area contributed by atoms with Gasteiger partial charge in [-0.05, 0) is 41.8 Å². The summed E-state index contributed by atoms with van der Waals surface area (Å²) in [4.78, 5) is 22.9. The number of aromatic carboxylic acids is 1. The second-order valence-corrected chi connectivity index (χ2v) is 6.67. The Labute approximate surface area is 146 Å². The van der Waals surface area contributed by atoms with Crippen LogP contribution in [0.25, 0.3) is 0 Å². The van der Waals surface area contributed by atoms with Gasteiger partial charge in [0, 0.05) is 18.4 Å². The van der Waals surface area contributed by atoms with Crippen LogP contribution in [0.1, 0.15) is 41.8 Å². The van der Waals surface area contributed by atoms with Crippen molar-refractivity contribution in [1.82, 2.24) is 5.32 Å². The molecule has 25 heavy (non-hydrogen) atoms. The molecule has 0 aliphatic rings. The van der Waals surface area contributed by atoms with Crippen LogP contribution < -0.4 is 5.32 Å². The minimum Gasteiger partial charge on any atom is -0.478 e. The lowest BCUT2D eigenvalue weighted by Gasteiger charge is -2.25. The lowest BCUT2D eigenvalue weighted by molar-refractivity contribution is -0.121. The number of hydrogen-bond acceptors (Lipinski definition) is 2. The largest absolute Gasteiger partial charge is 0.478 e. The average Bonchev–Trinajstić information content (AvgIpc) is 2.58. The van der Waals surface area contributed by atoms with E-state index in [0.717, 1.165) is 11.1 Å². The molecule has 2 aromatic rings. The Kier molecular flexibility index (Phi) is 5.91. The molecule has 0 atom stereocenters. The van der Waals surface area contributed by atoms with E-state index in [1.165, 1.54) is 24.3 Å². The molecule has 2 rings (SSSR count). The zero-order chi connectivity index (χ0) is 18.4. The molecule has 0 fully saturated rings. The smallest absolute Gasteiger partial charge is 0.335 e. The zero-order valence-corrected chi connectivity index (χ0v) is 14.4.